The molecule has 0 radical (unpaired) electrons. The van der Waals surface area contributed by atoms with Gasteiger partial charge >= 0.3 is 6.03 Å². The van der Waals surface area contributed by atoms with Crippen molar-refractivity contribution in [3.05, 3.63) is 52.5 Å². The minimum atomic E-state index is -1.46. The lowest BCUT2D eigenvalue weighted by molar-refractivity contribution is 0.241. The van der Waals surface area contributed by atoms with Gasteiger partial charge in [-0.05, 0) is 30.0 Å². The molecule has 2 rings (SSSR count). The smallest absolute Gasteiger partial charge is 0.314 e. The Balaban J connectivity index is 1.64. The van der Waals surface area contributed by atoms with Crippen LogP contribution in [0.5, 0.6) is 0 Å². The number of hydrogen-bond acceptors (Lipinski definition) is 3. The first kappa shape index (κ1) is 16.6. The molecular formula is C15H17FN2O2S2. The standard InChI is InChI=1S/C15H17FN2O2S2/c16-13-5-1-2-6-14(13)22(20)11-9-18-15(19)17-8-7-12-4-3-10-21-12/h1-6,10H,7-9,11H2,(H2,17,18,19)/t22-/m1/s1. The molecule has 4 nitrogen and oxygen atoms in total. The maximum Gasteiger partial charge on any atom is 0.314 e. The van der Waals surface area contributed by atoms with Crippen LogP contribution in [-0.2, 0) is 17.2 Å². The topological polar surface area (TPSA) is 58.2 Å². The van der Waals surface area contributed by atoms with Gasteiger partial charge in [-0.1, -0.05) is 18.2 Å². The van der Waals surface area contributed by atoms with E-state index in [-0.39, 0.29) is 23.2 Å². The molecule has 0 aliphatic rings. The van der Waals surface area contributed by atoms with Gasteiger partial charge in [0.25, 0.3) is 0 Å². The number of rotatable bonds is 7. The van der Waals surface area contributed by atoms with Crippen LogP contribution in [0.4, 0.5) is 9.18 Å². The first-order valence-electron chi connectivity index (χ1n) is 6.84. The zero-order valence-corrected chi connectivity index (χ0v) is 13.5. The van der Waals surface area contributed by atoms with Gasteiger partial charge in [0, 0.05) is 23.7 Å². The van der Waals surface area contributed by atoms with E-state index < -0.39 is 16.6 Å². The number of hydrogen-bond donors (Lipinski definition) is 2. The van der Waals surface area contributed by atoms with Gasteiger partial charge in [0.1, 0.15) is 5.82 Å². The molecule has 0 bridgehead atoms. The Morgan fingerprint density at radius 1 is 1.14 bits per heavy atom. The minimum absolute atomic E-state index is 0.169. The molecule has 0 unspecified atom stereocenters. The molecule has 2 amide bonds. The van der Waals surface area contributed by atoms with E-state index >= 15 is 0 Å². The first-order chi connectivity index (χ1) is 10.7. The largest absolute Gasteiger partial charge is 0.338 e. The second-order valence-corrected chi connectivity index (χ2v) is 7.06. The van der Waals surface area contributed by atoms with E-state index in [1.54, 1.807) is 23.5 Å². The second kappa shape index (κ2) is 8.65. The van der Waals surface area contributed by atoms with Crippen LogP contribution < -0.4 is 10.6 Å². The van der Waals surface area contributed by atoms with E-state index in [1.165, 1.54) is 17.0 Å². The fourth-order valence-corrected chi connectivity index (χ4v) is 3.55. The fraction of sp³-hybridized carbons (Fsp3) is 0.267. The average molecular weight is 340 g/mol. The van der Waals surface area contributed by atoms with Crippen LogP contribution in [0.15, 0.2) is 46.7 Å². The van der Waals surface area contributed by atoms with Crippen molar-refractivity contribution in [3.63, 3.8) is 0 Å². The molecule has 0 aliphatic heterocycles. The number of amides is 2. The molecule has 0 spiro atoms. The Morgan fingerprint density at radius 2 is 1.91 bits per heavy atom. The molecule has 0 saturated carbocycles. The van der Waals surface area contributed by atoms with Crippen LogP contribution in [-0.4, -0.2) is 29.1 Å². The molecule has 22 heavy (non-hydrogen) atoms. The van der Waals surface area contributed by atoms with Gasteiger partial charge in [-0.25, -0.2) is 9.18 Å². The van der Waals surface area contributed by atoms with Crippen molar-refractivity contribution in [3.8, 4) is 0 Å². The summed E-state index contributed by atoms with van der Waals surface area (Å²) in [6.07, 6.45) is 0.784. The van der Waals surface area contributed by atoms with E-state index in [2.05, 4.69) is 10.6 Å². The Kier molecular flexibility index (Phi) is 6.54. The number of nitrogens with one attached hydrogen (secondary N) is 2. The molecule has 118 valence electrons. The summed E-state index contributed by atoms with van der Waals surface area (Å²) in [6, 6.07) is 9.64. The van der Waals surface area contributed by atoms with Crippen molar-refractivity contribution in [2.45, 2.75) is 11.3 Å². The van der Waals surface area contributed by atoms with E-state index in [0.29, 0.717) is 6.54 Å². The summed E-state index contributed by atoms with van der Waals surface area (Å²) in [6.45, 7) is 0.772. The van der Waals surface area contributed by atoms with Gasteiger partial charge in [-0.2, -0.15) is 0 Å². The quantitative estimate of drug-likeness (QED) is 0.814. The summed E-state index contributed by atoms with van der Waals surface area (Å²) in [4.78, 5) is 12.9. The molecule has 7 heteroatoms. The summed E-state index contributed by atoms with van der Waals surface area (Å²) < 4.78 is 25.4. The second-order valence-electron chi connectivity index (χ2n) is 4.49. The van der Waals surface area contributed by atoms with Gasteiger partial charge < -0.3 is 10.6 Å². The zero-order valence-electron chi connectivity index (χ0n) is 11.9. The third kappa shape index (κ3) is 5.23. The lowest BCUT2D eigenvalue weighted by Crippen LogP contribution is -2.38. The molecule has 2 N–H and O–H groups in total. The number of thiophene rings is 1. The van der Waals surface area contributed by atoms with Crippen LogP contribution in [0.1, 0.15) is 4.88 Å². The van der Waals surface area contributed by atoms with Crippen molar-refractivity contribution in [2.75, 3.05) is 18.8 Å². The van der Waals surface area contributed by atoms with Crippen molar-refractivity contribution in [1.29, 1.82) is 0 Å². The summed E-state index contributed by atoms with van der Waals surface area (Å²) >= 11 is 1.65. The SMILES string of the molecule is O=C(NCCc1cccs1)NCC[S@@](=O)c1ccccc1F. The number of urea groups is 1. The molecule has 0 saturated heterocycles. The molecule has 2 aromatic rings. The zero-order chi connectivity index (χ0) is 15.8. The lowest BCUT2D eigenvalue weighted by Gasteiger charge is -2.07. The van der Waals surface area contributed by atoms with Crippen molar-refractivity contribution >= 4 is 28.2 Å². The van der Waals surface area contributed by atoms with Gasteiger partial charge in [-0.15, -0.1) is 11.3 Å². The molecule has 1 aromatic heterocycles. The highest BCUT2D eigenvalue weighted by Crippen LogP contribution is 2.11. The van der Waals surface area contributed by atoms with E-state index in [1.807, 2.05) is 17.5 Å². The average Bonchev–Trinajstić information content (AvgIpc) is 3.01. The molecular weight excluding hydrogens is 323 g/mol. The molecule has 0 fully saturated rings. The van der Waals surface area contributed by atoms with Crippen molar-refractivity contribution < 1.29 is 13.4 Å². The Bertz CT molecular complexity index is 632. The number of halogens is 1. The maximum atomic E-state index is 13.4. The fourth-order valence-electron chi connectivity index (χ4n) is 1.81. The number of carbonyl (C=O) groups is 1. The first-order valence-corrected chi connectivity index (χ1v) is 9.03. The molecule has 1 atom stereocenters. The predicted molar refractivity (Wildman–Crippen MR) is 87.1 cm³/mol. The molecule has 0 aliphatic carbocycles. The van der Waals surface area contributed by atoms with Gasteiger partial charge in [0.2, 0.25) is 0 Å². The van der Waals surface area contributed by atoms with Crippen molar-refractivity contribution in [2.24, 2.45) is 0 Å². The summed E-state index contributed by atoms with van der Waals surface area (Å²) in [5, 5.41) is 7.34. The predicted octanol–water partition coefficient (Wildman–Crippen LogP) is 2.54. The van der Waals surface area contributed by atoms with Crippen LogP contribution in [0, 0.1) is 5.82 Å². The van der Waals surface area contributed by atoms with Crippen LogP contribution in [0.2, 0.25) is 0 Å². The van der Waals surface area contributed by atoms with Crippen LogP contribution in [0.25, 0.3) is 0 Å². The highest BCUT2D eigenvalue weighted by molar-refractivity contribution is 7.85. The summed E-state index contributed by atoms with van der Waals surface area (Å²) in [5.74, 6) is -0.305. The Labute approximate surface area is 135 Å². The van der Waals surface area contributed by atoms with Crippen LogP contribution in [0.3, 0.4) is 0 Å². The summed E-state index contributed by atoms with van der Waals surface area (Å²) in [7, 11) is -1.46. The molecule has 1 aromatic carbocycles. The highest BCUT2D eigenvalue weighted by Gasteiger charge is 2.09. The van der Waals surface area contributed by atoms with Crippen LogP contribution >= 0.6 is 11.3 Å². The van der Waals surface area contributed by atoms with Crippen molar-refractivity contribution in [1.82, 2.24) is 10.6 Å². The van der Waals surface area contributed by atoms with E-state index in [0.717, 1.165) is 6.42 Å². The lowest BCUT2D eigenvalue weighted by atomic mass is 10.3. The number of carbonyl (C=O) groups excluding carboxylic acids is 1. The Morgan fingerprint density at radius 3 is 2.64 bits per heavy atom. The number of benzene rings is 1. The monoisotopic (exact) mass is 340 g/mol. The minimum Gasteiger partial charge on any atom is -0.338 e. The Hall–Kier alpha value is -1.73. The molecule has 1 heterocycles. The van der Waals surface area contributed by atoms with Gasteiger partial charge in [0.15, 0.2) is 0 Å². The van der Waals surface area contributed by atoms with Gasteiger partial charge in [-0.3, -0.25) is 4.21 Å². The third-order valence-electron chi connectivity index (χ3n) is 2.89. The normalized spacial score (nSPS) is 11.9. The van der Waals surface area contributed by atoms with E-state index in [9.17, 15) is 13.4 Å². The van der Waals surface area contributed by atoms with Gasteiger partial charge in [0.05, 0.1) is 15.7 Å². The maximum absolute atomic E-state index is 13.4. The third-order valence-corrected chi connectivity index (χ3v) is 5.22. The summed E-state index contributed by atoms with van der Waals surface area (Å²) in [5.41, 5.74) is 0. The van der Waals surface area contributed by atoms with E-state index in [4.69, 9.17) is 0 Å². The highest BCUT2D eigenvalue weighted by atomic mass is 32.2.